The standard InChI is InChI=1S/C9H9NO5/c11-5-6-1-2-7(15-6)9(14)10-4-3-8(12)13/h1-2,5H,3-4H2,(H,10,14)(H,12,13). The van der Waals surface area contributed by atoms with Gasteiger partial charge in [-0.15, -0.1) is 0 Å². The number of aldehydes is 1. The first-order valence-electron chi connectivity index (χ1n) is 4.18. The van der Waals surface area contributed by atoms with Crippen LogP contribution in [0.3, 0.4) is 0 Å². The highest BCUT2D eigenvalue weighted by Gasteiger charge is 2.10. The molecule has 1 heterocycles. The number of carboxylic acids is 1. The topological polar surface area (TPSA) is 96.6 Å². The van der Waals surface area contributed by atoms with Crippen molar-refractivity contribution < 1.29 is 23.9 Å². The van der Waals surface area contributed by atoms with Gasteiger partial charge in [0.15, 0.2) is 17.8 Å². The Labute approximate surface area is 84.9 Å². The molecule has 6 heteroatoms. The molecule has 1 amide bonds. The molecule has 80 valence electrons. The summed E-state index contributed by atoms with van der Waals surface area (Å²) in [6, 6.07) is 2.71. The van der Waals surface area contributed by atoms with Crippen molar-refractivity contribution in [3.63, 3.8) is 0 Å². The van der Waals surface area contributed by atoms with Gasteiger partial charge in [0, 0.05) is 6.54 Å². The SMILES string of the molecule is O=Cc1ccc(C(=O)NCCC(=O)O)o1. The number of aliphatic carboxylic acids is 1. The lowest BCUT2D eigenvalue weighted by Gasteiger charge is -1.99. The molecule has 6 nitrogen and oxygen atoms in total. The van der Waals surface area contributed by atoms with Crippen molar-refractivity contribution in [2.24, 2.45) is 0 Å². The number of furan rings is 1. The molecule has 0 unspecified atom stereocenters. The fraction of sp³-hybridized carbons (Fsp3) is 0.222. The minimum absolute atomic E-state index is 0.0116. The van der Waals surface area contributed by atoms with E-state index in [2.05, 4.69) is 5.32 Å². The number of carbonyl (C=O) groups is 3. The minimum atomic E-state index is -0.997. The number of amides is 1. The lowest BCUT2D eigenvalue weighted by atomic mass is 10.4. The van der Waals surface area contributed by atoms with Crippen LogP contribution in [0.15, 0.2) is 16.5 Å². The summed E-state index contributed by atoms with van der Waals surface area (Å²) >= 11 is 0. The zero-order valence-corrected chi connectivity index (χ0v) is 7.73. The fourth-order valence-corrected chi connectivity index (χ4v) is 0.908. The van der Waals surface area contributed by atoms with Gasteiger partial charge in [-0.05, 0) is 12.1 Å². The molecule has 0 aliphatic heterocycles. The first-order chi connectivity index (χ1) is 7.13. The van der Waals surface area contributed by atoms with E-state index in [0.29, 0.717) is 6.29 Å². The molecule has 1 rings (SSSR count). The lowest BCUT2D eigenvalue weighted by Crippen LogP contribution is -2.25. The highest BCUT2D eigenvalue weighted by Crippen LogP contribution is 2.04. The second kappa shape index (κ2) is 4.94. The summed E-state index contributed by atoms with van der Waals surface area (Å²) in [7, 11) is 0. The monoisotopic (exact) mass is 211 g/mol. The molecule has 0 aliphatic carbocycles. The summed E-state index contributed by atoms with van der Waals surface area (Å²) in [6.07, 6.45) is 0.320. The molecule has 0 fully saturated rings. The first kappa shape index (κ1) is 11.0. The van der Waals surface area contributed by atoms with Crippen LogP contribution in [0.4, 0.5) is 0 Å². The molecule has 0 spiro atoms. The second-order valence-electron chi connectivity index (χ2n) is 2.72. The van der Waals surface area contributed by atoms with Crippen LogP contribution in [0.1, 0.15) is 27.5 Å². The maximum atomic E-state index is 11.2. The molecule has 0 radical (unpaired) electrons. The van der Waals surface area contributed by atoms with Gasteiger partial charge in [0.1, 0.15) is 0 Å². The van der Waals surface area contributed by atoms with E-state index in [0.717, 1.165) is 0 Å². The van der Waals surface area contributed by atoms with Gasteiger partial charge >= 0.3 is 5.97 Å². The predicted octanol–water partition coefficient (Wildman–Crippen LogP) is 0.297. The highest BCUT2D eigenvalue weighted by molar-refractivity contribution is 5.92. The summed E-state index contributed by atoms with van der Waals surface area (Å²) in [5.74, 6) is -1.49. The normalized spacial score (nSPS) is 9.60. The number of nitrogens with one attached hydrogen (secondary N) is 1. The Balaban J connectivity index is 2.46. The Morgan fingerprint density at radius 2 is 2.20 bits per heavy atom. The van der Waals surface area contributed by atoms with Gasteiger partial charge in [-0.2, -0.15) is 0 Å². The summed E-state index contributed by atoms with van der Waals surface area (Å²) in [6.45, 7) is 0.0191. The Bertz CT molecular complexity index is 382. The minimum Gasteiger partial charge on any atom is -0.481 e. The predicted molar refractivity (Wildman–Crippen MR) is 48.7 cm³/mol. The number of hydrogen-bond donors (Lipinski definition) is 2. The molecule has 1 aromatic heterocycles. The van der Waals surface area contributed by atoms with E-state index < -0.39 is 11.9 Å². The van der Waals surface area contributed by atoms with E-state index in [4.69, 9.17) is 9.52 Å². The molecule has 0 saturated carbocycles. The van der Waals surface area contributed by atoms with E-state index >= 15 is 0 Å². The lowest BCUT2D eigenvalue weighted by molar-refractivity contribution is -0.136. The van der Waals surface area contributed by atoms with Crippen molar-refractivity contribution >= 4 is 18.2 Å². The second-order valence-corrected chi connectivity index (χ2v) is 2.72. The van der Waals surface area contributed by atoms with Crippen LogP contribution in [-0.2, 0) is 4.79 Å². The van der Waals surface area contributed by atoms with E-state index in [1.54, 1.807) is 0 Å². The Kier molecular flexibility index (Phi) is 3.61. The molecule has 0 aliphatic rings. The van der Waals surface area contributed by atoms with Gasteiger partial charge < -0.3 is 14.8 Å². The molecule has 0 saturated heterocycles. The van der Waals surface area contributed by atoms with Gasteiger partial charge in [-0.1, -0.05) is 0 Å². The molecule has 0 bridgehead atoms. The third kappa shape index (κ3) is 3.26. The molecule has 1 aromatic rings. The van der Waals surface area contributed by atoms with E-state index in [-0.39, 0.29) is 24.5 Å². The third-order valence-corrected chi connectivity index (χ3v) is 1.59. The van der Waals surface area contributed by atoms with Gasteiger partial charge in [0.05, 0.1) is 6.42 Å². The number of hydrogen-bond acceptors (Lipinski definition) is 4. The zero-order valence-electron chi connectivity index (χ0n) is 7.73. The van der Waals surface area contributed by atoms with Gasteiger partial charge in [0.2, 0.25) is 0 Å². The highest BCUT2D eigenvalue weighted by atomic mass is 16.4. The van der Waals surface area contributed by atoms with Crippen LogP contribution in [-0.4, -0.2) is 29.8 Å². The quantitative estimate of drug-likeness (QED) is 0.682. The Morgan fingerprint density at radius 1 is 1.47 bits per heavy atom. The number of carboxylic acid groups (broad SMARTS) is 1. The van der Waals surface area contributed by atoms with E-state index in [1.807, 2.05) is 0 Å². The van der Waals surface area contributed by atoms with E-state index in [1.165, 1.54) is 12.1 Å². The van der Waals surface area contributed by atoms with Crippen LogP contribution in [0.5, 0.6) is 0 Å². The Morgan fingerprint density at radius 3 is 2.73 bits per heavy atom. The summed E-state index contributed by atoms with van der Waals surface area (Å²) < 4.78 is 4.82. The van der Waals surface area contributed by atoms with Crippen LogP contribution in [0.2, 0.25) is 0 Å². The van der Waals surface area contributed by atoms with Gasteiger partial charge in [-0.3, -0.25) is 14.4 Å². The third-order valence-electron chi connectivity index (χ3n) is 1.59. The molecular weight excluding hydrogens is 202 g/mol. The number of rotatable bonds is 5. The molecular formula is C9H9NO5. The van der Waals surface area contributed by atoms with Crippen molar-refractivity contribution in [2.45, 2.75) is 6.42 Å². The largest absolute Gasteiger partial charge is 0.481 e. The average Bonchev–Trinajstić information content (AvgIpc) is 2.65. The van der Waals surface area contributed by atoms with Crippen LogP contribution >= 0.6 is 0 Å². The Hall–Kier alpha value is -2.11. The average molecular weight is 211 g/mol. The van der Waals surface area contributed by atoms with Gasteiger partial charge in [-0.25, -0.2) is 0 Å². The maximum absolute atomic E-state index is 11.2. The van der Waals surface area contributed by atoms with Gasteiger partial charge in [0.25, 0.3) is 5.91 Å². The zero-order chi connectivity index (χ0) is 11.3. The fourth-order valence-electron chi connectivity index (χ4n) is 0.908. The maximum Gasteiger partial charge on any atom is 0.305 e. The molecule has 2 N–H and O–H groups in total. The molecule has 0 atom stereocenters. The van der Waals surface area contributed by atoms with Crippen molar-refractivity contribution in [1.82, 2.24) is 5.32 Å². The summed E-state index contributed by atoms with van der Waals surface area (Å²) in [5, 5.41) is 10.7. The van der Waals surface area contributed by atoms with Crippen molar-refractivity contribution in [1.29, 1.82) is 0 Å². The van der Waals surface area contributed by atoms with Crippen molar-refractivity contribution in [2.75, 3.05) is 6.54 Å². The summed E-state index contributed by atoms with van der Waals surface area (Å²) in [5.41, 5.74) is 0. The van der Waals surface area contributed by atoms with Crippen LogP contribution in [0.25, 0.3) is 0 Å². The first-order valence-corrected chi connectivity index (χ1v) is 4.18. The van der Waals surface area contributed by atoms with Crippen LogP contribution in [0, 0.1) is 0 Å². The van der Waals surface area contributed by atoms with Crippen LogP contribution < -0.4 is 5.32 Å². The summed E-state index contributed by atoms with van der Waals surface area (Å²) in [4.78, 5) is 31.6. The molecule has 15 heavy (non-hydrogen) atoms. The van der Waals surface area contributed by atoms with Crippen molar-refractivity contribution in [3.05, 3.63) is 23.7 Å². The van der Waals surface area contributed by atoms with E-state index in [9.17, 15) is 14.4 Å². The molecule has 0 aromatic carbocycles. The van der Waals surface area contributed by atoms with Crippen molar-refractivity contribution in [3.8, 4) is 0 Å². The smallest absolute Gasteiger partial charge is 0.305 e. The number of carbonyl (C=O) groups excluding carboxylic acids is 2.